The van der Waals surface area contributed by atoms with Gasteiger partial charge in [-0.1, -0.05) is 47.0 Å². The van der Waals surface area contributed by atoms with E-state index in [-0.39, 0.29) is 0 Å². The average Bonchev–Trinajstić information content (AvgIpc) is 2.38. The highest BCUT2D eigenvalue weighted by Crippen LogP contribution is 2.38. The Labute approximate surface area is 122 Å². The van der Waals surface area contributed by atoms with E-state index in [2.05, 4.69) is 20.8 Å². The van der Waals surface area contributed by atoms with Gasteiger partial charge < -0.3 is 5.11 Å². The molecule has 0 rings (SSSR count). The third-order valence-corrected chi connectivity index (χ3v) is 5.79. The fraction of sp³-hybridized carbons (Fsp3) is 0.938. The van der Waals surface area contributed by atoms with Crippen LogP contribution in [0.5, 0.6) is 0 Å². The monoisotopic (exact) mass is 290 g/mol. The molecule has 0 fully saturated rings. The van der Waals surface area contributed by atoms with Gasteiger partial charge >= 0.3 is 5.97 Å². The highest BCUT2D eigenvalue weighted by Gasteiger charge is 2.05. The highest BCUT2D eigenvalue weighted by atomic mass is 31.1. The predicted molar refractivity (Wildman–Crippen MR) is 88.8 cm³/mol. The second-order valence-corrected chi connectivity index (χ2v) is 7.73. The zero-order valence-corrected chi connectivity index (χ0v) is 14.5. The first kappa shape index (κ1) is 21.2. The fourth-order valence-electron chi connectivity index (χ4n) is 1.69. The van der Waals surface area contributed by atoms with Crippen LogP contribution >= 0.6 is 7.92 Å². The number of hydrogen-bond acceptors (Lipinski definition) is 1. The van der Waals surface area contributed by atoms with E-state index in [1.54, 1.807) is 18.5 Å². The number of carbonyl (C=O) groups is 1. The summed E-state index contributed by atoms with van der Waals surface area (Å²) in [5.41, 5.74) is 0. The molecule has 0 heterocycles. The minimum absolute atomic E-state index is 0.292. The molecule has 0 aliphatic rings. The lowest BCUT2D eigenvalue weighted by Gasteiger charge is -2.16. The Morgan fingerprint density at radius 1 is 0.789 bits per heavy atom. The largest absolute Gasteiger partial charge is 0.481 e. The van der Waals surface area contributed by atoms with Crippen molar-refractivity contribution in [3.8, 4) is 0 Å². The van der Waals surface area contributed by atoms with Crippen LogP contribution in [0.25, 0.3) is 0 Å². The van der Waals surface area contributed by atoms with Crippen molar-refractivity contribution in [3.63, 3.8) is 0 Å². The number of unbranched alkanes of at least 4 members (excludes halogenated alkanes) is 3. The van der Waals surface area contributed by atoms with E-state index in [4.69, 9.17) is 5.11 Å². The maximum absolute atomic E-state index is 9.60. The smallest absolute Gasteiger partial charge is 0.303 e. The van der Waals surface area contributed by atoms with E-state index in [1.165, 1.54) is 38.5 Å². The van der Waals surface area contributed by atoms with Crippen LogP contribution in [0.3, 0.4) is 0 Å². The first-order valence-electron chi connectivity index (χ1n) is 8.06. The van der Waals surface area contributed by atoms with E-state index in [1.807, 2.05) is 6.92 Å². The second kappa shape index (κ2) is 17.9. The zero-order chi connectivity index (χ0) is 14.9. The number of carboxylic acids is 1. The Kier molecular flexibility index (Phi) is 20.0. The minimum Gasteiger partial charge on any atom is -0.481 e. The summed E-state index contributed by atoms with van der Waals surface area (Å²) in [6.45, 7) is 8.78. The highest BCUT2D eigenvalue weighted by molar-refractivity contribution is 7.57. The van der Waals surface area contributed by atoms with Gasteiger partial charge in [0, 0.05) is 6.42 Å². The molecule has 0 bridgehead atoms. The average molecular weight is 290 g/mol. The van der Waals surface area contributed by atoms with Gasteiger partial charge in [-0.25, -0.2) is 0 Å². The van der Waals surface area contributed by atoms with Gasteiger partial charge in [0.05, 0.1) is 0 Å². The first-order chi connectivity index (χ1) is 9.12. The lowest BCUT2D eigenvalue weighted by atomic mass is 10.4. The van der Waals surface area contributed by atoms with Crippen LogP contribution in [-0.2, 0) is 4.79 Å². The molecular weight excluding hydrogens is 255 g/mol. The molecule has 0 atom stereocenters. The summed E-state index contributed by atoms with van der Waals surface area (Å²) in [6.07, 6.45) is 14.2. The normalized spacial score (nSPS) is 10.2. The molecule has 19 heavy (non-hydrogen) atoms. The molecule has 0 aromatic heterocycles. The van der Waals surface area contributed by atoms with Crippen LogP contribution in [-0.4, -0.2) is 29.6 Å². The van der Waals surface area contributed by atoms with Crippen LogP contribution in [0.4, 0.5) is 0 Å². The van der Waals surface area contributed by atoms with Crippen molar-refractivity contribution >= 4 is 13.9 Å². The van der Waals surface area contributed by atoms with Gasteiger partial charge in [-0.05, 0) is 44.2 Å². The summed E-state index contributed by atoms with van der Waals surface area (Å²) in [6, 6.07) is 0. The van der Waals surface area contributed by atoms with Crippen molar-refractivity contribution in [3.05, 3.63) is 0 Å². The predicted octanol–water partition coefficient (Wildman–Crippen LogP) is 5.74. The molecule has 0 aromatic rings. The maximum Gasteiger partial charge on any atom is 0.303 e. The Morgan fingerprint density at radius 2 is 1.16 bits per heavy atom. The maximum atomic E-state index is 9.60. The van der Waals surface area contributed by atoms with Gasteiger partial charge in [-0.15, -0.1) is 7.92 Å². The Balaban J connectivity index is 0. The molecule has 0 amide bonds. The molecule has 0 aromatic carbocycles. The first-order valence-corrected chi connectivity index (χ1v) is 9.96. The molecule has 0 saturated heterocycles. The van der Waals surface area contributed by atoms with E-state index in [0.717, 1.165) is 6.42 Å². The fourth-order valence-corrected chi connectivity index (χ4v) is 4.66. The lowest BCUT2D eigenvalue weighted by molar-refractivity contribution is -0.137. The van der Waals surface area contributed by atoms with Crippen molar-refractivity contribution in [2.24, 2.45) is 0 Å². The van der Waals surface area contributed by atoms with Crippen LogP contribution in [0.15, 0.2) is 0 Å². The SMILES string of the molecule is CCCC(=O)O.CCCCP(CCCC)CCCC. The van der Waals surface area contributed by atoms with Crippen molar-refractivity contribution in [2.45, 2.75) is 79.1 Å². The Hall–Kier alpha value is -0.100. The summed E-state index contributed by atoms with van der Waals surface area (Å²) >= 11 is 0. The van der Waals surface area contributed by atoms with Crippen LogP contribution in [0, 0.1) is 0 Å². The van der Waals surface area contributed by atoms with E-state index < -0.39 is 5.97 Å². The summed E-state index contributed by atoms with van der Waals surface area (Å²) in [5, 5.41) is 7.91. The number of aliphatic carboxylic acids is 1. The molecule has 1 N–H and O–H groups in total. The van der Waals surface area contributed by atoms with E-state index >= 15 is 0 Å². The van der Waals surface area contributed by atoms with E-state index in [0.29, 0.717) is 14.3 Å². The molecule has 0 unspecified atom stereocenters. The number of carboxylic acid groups (broad SMARTS) is 1. The van der Waals surface area contributed by atoms with Crippen LogP contribution < -0.4 is 0 Å². The van der Waals surface area contributed by atoms with Crippen molar-refractivity contribution in [2.75, 3.05) is 18.5 Å². The van der Waals surface area contributed by atoms with Crippen LogP contribution in [0.1, 0.15) is 79.1 Å². The lowest BCUT2D eigenvalue weighted by Crippen LogP contribution is -1.95. The number of hydrogen-bond donors (Lipinski definition) is 1. The van der Waals surface area contributed by atoms with Crippen molar-refractivity contribution in [1.82, 2.24) is 0 Å². The molecular formula is C16H35O2P. The molecule has 0 aliphatic heterocycles. The summed E-state index contributed by atoms with van der Waals surface area (Å²) < 4.78 is 0. The molecule has 0 radical (unpaired) electrons. The quantitative estimate of drug-likeness (QED) is 0.493. The molecule has 116 valence electrons. The zero-order valence-electron chi connectivity index (χ0n) is 13.6. The minimum atomic E-state index is -0.711. The van der Waals surface area contributed by atoms with Gasteiger partial charge in [0.1, 0.15) is 0 Å². The molecule has 0 saturated carbocycles. The van der Waals surface area contributed by atoms with Gasteiger partial charge in [0.15, 0.2) is 0 Å². The van der Waals surface area contributed by atoms with Crippen LogP contribution in [0.2, 0.25) is 0 Å². The standard InChI is InChI=1S/C12H27P.C4H8O2/c1-4-7-10-13(11-8-5-2)12-9-6-3;1-2-3-4(5)6/h4-12H2,1-3H3;2-3H2,1H3,(H,5,6). The summed E-state index contributed by atoms with van der Waals surface area (Å²) in [5.74, 6) is -0.711. The Bertz CT molecular complexity index is 165. The molecule has 3 heteroatoms. The summed E-state index contributed by atoms with van der Waals surface area (Å²) in [4.78, 5) is 9.60. The van der Waals surface area contributed by atoms with Crippen molar-refractivity contribution in [1.29, 1.82) is 0 Å². The third kappa shape index (κ3) is 20.4. The van der Waals surface area contributed by atoms with Gasteiger partial charge in [-0.3, -0.25) is 4.79 Å². The molecule has 0 aliphatic carbocycles. The van der Waals surface area contributed by atoms with Gasteiger partial charge in [-0.2, -0.15) is 0 Å². The third-order valence-electron chi connectivity index (χ3n) is 2.95. The number of rotatable bonds is 11. The summed E-state index contributed by atoms with van der Waals surface area (Å²) in [7, 11) is 0.422. The van der Waals surface area contributed by atoms with E-state index in [9.17, 15) is 4.79 Å². The molecule has 2 nitrogen and oxygen atoms in total. The van der Waals surface area contributed by atoms with Gasteiger partial charge in [0.25, 0.3) is 0 Å². The topological polar surface area (TPSA) is 37.3 Å². The van der Waals surface area contributed by atoms with Crippen molar-refractivity contribution < 1.29 is 9.90 Å². The second-order valence-electron chi connectivity index (χ2n) is 5.05. The van der Waals surface area contributed by atoms with Gasteiger partial charge in [0.2, 0.25) is 0 Å². The molecule has 0 spiro atoms. The Morgan fingerprint density at radius 3 is 1.32 bits per heavy atom.